The molecule has 1 N–H and O–H groups in total. The summed E-state index contributed by atoms with van der Waals surface area (Å²) in [5, 5.41) is 8.86. The SMILES string of the molecule is CCc1cccc(OCC(=O)N(CC(=O)O)CC(C)C)c1. The molecule has 1 aromatic rings. The lowest BCUT2D eigenvalue weighted by Crippen LogP contribution is -2.40. The Kier molecular flexibility index (Phi) is 6.72. The van der Waals surface area contributed by atoms with Crippen molar-refractivity contribution in [2.75, 3.05) is 19.7 Å². The largest absolute Gasteiger partial charge is 0.484 e. The third-order valence-corrected chi connectivity index (χ3v) is 2.93. The molecule has 116 valence electrons. The van der Waals surface area contributed by atoms with Crippen LogP contribution in [-0.4, -0.2) is 41.6 Å². The first-order chi connectivity index (χ1) is 9.92. The van der Waals surface area contributed by atoms with Crippen LogP contribution in [0.5, 0.6) is 5.75 Å². The summed E-state index contributed by atoms with van der Waals surface area (Å²) in [6.07, 6.45) is 0.892. The molecule has 0 heterocycles. The Labute approximate surface area is 125 Å². The molecule has 0 fully saturated rings. The molecule has 1 aromatic carbocycles. The van der Waals surface area contributed by atoms with Gasteiger partial charge in [-0.15, -0.1) is 0 Å². The minimum absolute atomic E-state index is 0.146. The van der Waals surface area contributed by atoms with E-state index in [1.54, 1.807) is 6.07 Å². The lowest BCUT2D eigenvalue weighted by Gasteiger charge is -2.22. The summed E-state index contributed by atoms with van der Waals surface area (Å²) in [5.41, 5.74) is 1.13. The fourth-order valence-corrected chi connectivity index (χ4v) is 1.95. The molecule has 0 aromatic heterocycles. The molecule has 0 saturated carbocycles. The van der Waals surface area contributed by atoms with Crippen molar-refractivity contribution in [2.24, 2.45) is 5.92 Å². The number of benzene rings is 1. The van der Waals surface area contributed by atoms with E-state index in [9.17, 15) is 9.59 Å². The Hall–Kier alpha value is -2.04. The molecule has 0 aliphatic carbocycles. The standard InChI is InChI=1S/C16H23NO4/c1-4-13-6-5-7-14(8-13)21-11-15(18)17(9-12(2)3)10-16(19)20/h5-8,12H,4,9-11H2,1-3H3,(H,19,20). The van der Waals surface area contributed by atoms with Crippen LogP contribution in [0.3, 0.4) is 0 Å². The molecule has 5 heteroatoms. The molecule has 0 radical (unpaired) electrons. The van der Waals surface area contributed by atoms with Crippen LogP contribution in [0.4, 0.5) is 0 Å². The van der Waals surface area contributed by atoms with Gasteiger partial charge in [-0.1, -0.05) is 32.9 Å². The van der Waals surface area contributed by atoms with Crippen LogP contribution in [0.15, 0.2) is 24.3 Å². The fourth-order valence-electron chi connectivity index (χ4n) is 1.95. The van der Waals surface area contributed by atoms with Gasteiger partial charge in [0.2, 0.25) is 0 Å². The molecular weight excluding hydrogens is 270 g/mol. The van der Waals surface area contributed by atoms with Gasteiger partial charge in [0.25, 0.3) is 5.91 Å². The molecule has 0 saturated heterocycles. The minimum Gasteiger partial charge on any atom is -0.484 e. The molecular formula is C16H23NO4. The van der Waals surface area contributed by atoms with Gasteiger partial charge in [-0.3, -0.25) is 9.59 Å². The third kappa shape index (κ3) is 6.29. The zero-order valence-corrected chi connectivity index (χ0v) is 12.8. The van der Waals surface area contributed by atoms with Gasteiger partial charge in [0.15, 0.2) is 6.61 Å². The molecule has 0 aliphatic rings. The maximum absolute atomic E-state index is 12.1. The Bertz CT molecular complexity index is 485. The number of nitrogens with zero attached hydrogens (tertiary/aromatic N) is 1. The molecule has 0 unspecified atom stereocenters. The summed E-state index contributed by atoms with van der Waals surface area (Å²) in [7, 11) is 0. The van der Waals surface area contributed by atoms with Gasteiger partial charge in [0.1, 0.15) is 12.3 Å². The number of hydrogen-bond donors (Lipinski definition) is 1. The molecule has 1 amide bonds. The van der Waals surface area contributed by atoms with E-state index in [1.807, 2.05) is 39.0 Å². The van der Waals surface area contributed by atoms with Crippen molar-refractivity contribution in [1.82, 2.24) is 4.90 Å². The average molecular weight is 293 g/mol. The Morgan fingerprint density at radius 2 is 2.05 bits per heavy atom. The van der Waals surface area contributed by atoms with E-state index < -0.39 is 5.97 Å². The number of aryl methyl sites for hydroxylation is 1. The van der Waals surface area contributed by atoms with Gasteiger partial charge in [-0.2, -0.15) is 0 Å². The van der Waals surface area contributed by atoms with Crippen molar-refractivity contribution in [2.45, 2.75) is 27.2 Å². The number of carboxylic acid groups (broad SMARTS) is 1. The van der Waals surface area contributed by atoms with E-state index in [2.05, 4.69) is 0 Å². The number of carboxylic acids is 1. The number of carbonyl (C=O) groups is 2. The van der Waals surface area contributed by atoms with Gasteiger partial charge in [-0.05, 0) is 30.0 Å². The number of ether oxygens (including phenoxy) is 1. The van der Waals surface area contributed by atoms with Crippen molar-refractivity contribution >= 4 is 11.9 Å². The zero-order valence-electron chi connectivity index (χ0n) is 12.8. The molecule has 0 bridgehead atoms. The zero-order chi connectivity index (χ0) is 15.8. The van der Waals surface area contributed by atoms with Gasteiger partial charge < -0.3 is 14.7 Å². The first kappa shape index (κ1) is 17.0. The van der Waals surface area contributed by atoms with Crippen LogP contribution < -0.4 is 4.74 Å². The van der Waals surface area contributed by atoms with Gasteiger partial charge in [-0.25, -0.2) is 0 Å². The van der Waals surface area contributed by atoms with Crippen molar-refractivity contribution in [3.8, 4) is 5.75 Å². The van der Waals surface area contributed by atoms with Crippen molar-refractivity contribution in [1.29, 1.82) is 0 Å². The van der Waals surface area contributed by atoms with Crippen LogP contribution in [-0.2, 0) is 16.0 Å². The van der Waals surface area contributed by atoms with Crippen molar-refractivity contribution < 1.29 is 19.4 Å². The predicted molar refractivity (Wildman–Crippen MR) is 80.4 cm³/mol. The van der Waals surface area contributed by atoms with Crippen molar-refractivity contribution in [3.05, 3.63) is 29.8 Å². The van der Waals surface area contributed by atoms with Crippen molar-refractivity contribution in [3.63, 3.8) is 0 Å². The van der Waals surface area contributed by atoms with E-state index in [4.69, 9.17) is 9.84 Å². The maximum Gasteiger partial charge on any atom is 0.323 e. The topological polar surface area (TPSA) is 66.8 Å². The van der Waals surface area contributed by atoms with E-state index in [0.29, 0.717) is 12.3 Å². The fraction of sp³-hybridized carbons (Fsp3) is 0.500. The van der Waals surface area contributed by atoms with Crippen LogP contribution in [0.2, 0.25) is 0 Å². The molecule has 0 atom stereocenters. The van der Waals surface area contributed by atoms with Crippen LogP contribution in [0, 0.1) is 5.92 Å². The lowest BCUT2D eigenvalue weighted by molar-refractivity contribution is -0.145. The average Bonchev–Trinajstić information content (AvgIpc) is 2.43. The molecule has 0 aliphatic heterocycles. The molecule has 5 nitrogen and oxygen atoms in total. The number of aliphatic carboxylic acids is 1. The van der Waals surface area contributed by atoms with Gasteiger partial charge in [0.05, 0.1) is 0 Å². The van der Waals surface area contributed by atoms with E-state index in [-0.39, 0.29) is 25.0 Å². The Morgan fingerprint density at radius 1 is 1.33 bits per heavy atom. The number of rotatable bonds is 8. The second-order valence-electron chi connectivity index (χ2n) is 5.35. The highest BCUT2D eigenvalue weighted by Crippen LogP contribution is 2.14. The van der Waals surface area contributed by atoms with E-state index in [0.717, 1.165) is 12.0 Å². The Morgan fingerprint density at radius 3 is 2.62 bits per heavy atom. The summed E-state index contributed by atoms with van der Waals surface area (Å²) in [6.45, 7) is 5.88. The predicted octanol–water partition coefficient (Wildman–Crippen LogP) is 2.20. The van der Waals surface area contributed by atoms with E-state index in [1.165, 1.54) is 4.90 Å². The summed E-state index contributed by atoms with van der Waals surface area (Å²) in [4.78, 5) is 24.2. The van der Waals surface area contributed by atoms with Crippen LogP contribution in [0.25, 0.3) is 0 Å². The summed E-state index contributed by atoms with van der Waals surface area (Å²) in [6, 6.07) is 7.54. The van der Waals surface area contributed by atoms with Gasteiger partial charge >= 0.3 is 5.97 Å². The monoisotopic (exact) mass is 293 g/mol. The summed E-state index contributed by atoms with van der Waals surface area (Å²) < 4.78 is 5.47. The summed E-state index contributed by atoms with van der Waals surface area (Å²) >= 11 is 0. The number of carbonyl (C=O) groups excluding carboxylic acids is 1. The highest BCUT2D eigenvalue weighted by molar-refractivity contribution is 5.82. The van der Waals surface area contributed by atoms with Gasteiger partial charge in [0, 0.05) is 6.54 Å². The Balaban J connectivity index is 2.61. The number of amides is 1. The molecule has 21 heavy (non-hydrogen) atoms. The first-order valence-corrected chi connectivity index (χ1v) is 7.13. The van der Waals surface area contributed by atoms with Crippen LogP contribution >= 0.6 is 0 Å². The first-order valence-electron chi connectivity index (χ1n) is 7.13. The van der Waals surface area contributed by atoms with E-state index >= 15 is 0 Å². The minimum atomic E-state index is -1.02. The molecule has 1 rings (SSSR count). The molecule has 0 spiro atoms. The summed E-state index contributed by atoms with van der Waals surface area (Å²) in [5.74, 6) is -0.496. The maximum atomic E-state index is 12.1. The third-order valence-electron chi connectivity index (χ3n) is 2.93. The highest BCUT2D eigenvalue weighted by atomic mass is 16.5. The quantitative estimate of drug-likeness (QED) is 0.798. The second kappa shape index (κ2) is 8.29. The number of hydrogen-bond acceptors (Lipinski definition) is 3. The lowest BCUT2D eigenvalue weighted by atomic mass is 10.2. The smallest absolute Gasteiger partial charge is 0.323 e. The van der Waals surface area contributed by atoms with Crippen LogP contribution in [0.1, 0.15) is 26.3 Å². The highest BCUT2D eigenvalue weighted by Gasteiger charge is 2.18. The second-order valence-corrected chi connectivity index (χ2v) is 5.35. The normalized spacial score (nSPS) is 10.5.